The number of carbonyl (C=O) groups excluding carboxylic acids is 1. The Morgan fingerprint density at radius 2 is 1.55 bits per heavy atom. The van der Waals surface area contributed by atoms with Gasteiger partial charge in [-0.2, -0.15) is 0 Å². The molecule has 2 aromatic heterocycles. The zero-order chi connectivity index (χ0) is 14.5. The molecule has 7 nitrogen and oxygen atoms in total. The van der Waals surface area contributed by atoms with Gasteiger partial charge in [-0.1, -0.05) is 13.8 Å². The summed E-state index contributed by atoms with van der Waals surface area (Å²) < 4.78 is 3.79. The van der Waals surface area contributed by atoms with Gasteiger partial charge in [0.15, 0.2) is 0 Å². The molecule has 0 saturated carbocycles. The summed E-state index contributed by atoms with van der Waals surface area (Å²) in [6.45, 7) is 4.03. The van der Waals surface area contributed by atoms with Crippen LogP contribution < -0.4 is 5.73 Å². The van der Waals surface area contributed by atoms with Gasteiger partial charge in [0, 0.05) is 24.8 Å². The SMILES string of the molecule is CCC(N(C(N)=O)C(CC)n1ccnc1)n1ccnc1. The summed E-state index contributed by atoms with van der Waals surface area (Å²) in [5.74, 6) is 0. The van der Waals surface area contributed by atoms with Crippen LogP contribution in [0.25, 0.3) is 0 Å². The average molecular weight is 276 g/mol. The third kappa shape index (κ3) is 2.66. The standard InChI is InChI=1S/C13H20N6O/c1-3-11(17-7-5-15-9-17)19(13(14)20)12(4-2)18-8-6-16-10-18/h5-12H,3-4H2,1-2H3,(H2,14,20). The largest absolute Gasteiger partial charge is 0.351 e. The highest BCUT2D eigenvalue weighted by Gasteiger charge is 2.29. The number of aromatic nitrogens is 4. The molecule has 0 bridgehead atoms. The van der Waals surface area contributed by atoms with Crippen LogP contribution in [0.1, 0.15) is 39.0 Å². The number of hydrogen-bond acceptors (Lipinski definition) is 3. The van der Waals surface area contributed by atoms with Crippen molar-refractivity contribution in [1.29, 1.82) is 0 Å². The minimum absolute atomic E-state index is 0.164. The number of imidazole rings is 2. The molecule has 2 atom stereocenters. The van der Waals surface area contributed by atoms with E-state index >= 15 is 0 Å². The topological polar surface area (TPSA) is 82.0 Å². The van der Waals surface area contributed by atoms with E-state index < -0.39 is 6.03 Å². The van der Waals surface area contributed by atoms with Crippen LogP contribution in [0.3, 0.4) is 0 Å². The van der Waals surface area contributed by atoms with E-state index in [9.17, 15) is 4.79 Å². The first kappa shape index (κ1) is 14.1. The lowest BCUT2D eigenvalue weighted by molar-refractivity contribution is 0.0790. The Kier molecular flexibility index (Phi) is 4.39. The van der Waals surface area contributed by atoms with E-state index in [1.807, 2.05) is 35.4 Å². The number of hydrogen-bond donors (Lipinski definition) is 1. The van der Waals surface area contributed by atoms with E-state index in [2.05, 4.69) is 9.97 Å². The number of nitrogens with zero attached hydrogens (tertiary/aromatic N) is 5. The fourth-order valence-corrected chi connectivity index (χ4v) is 2.49. The Labute approximate surface area is 118 Å². The molecule has 0 aliphatic rings. The van der Waals surface area contributed by atoms with Gasteiger partial charge in [0.05, 0.1) is 12.7 Å². The number of urea groups is 1. The molecule has 0 fully saturated rings. The maximum Gasteiger partial charge on any atom is 0.318 e. The Morgan fingerprint density at radius 3 is 1.80 bits per heavy atom. The second kappa shape index (κ2) is 6.23. The molecule has 0 aliphatic carbocycles. The first-order valence-electron chi connectivity index (χ1n) is 6.71. The van der Waals surface area contributed by atoms with Gasteiger partial charge in [0.1, 0.15) is 12.3 Å². The van der Waals surface area contributed by atoms with E-state index in [1.165, 1.54) is 0 Å². The summed E-state index contributed by atoms with van der Waals surface area (Å²) in [7, 11) is 0. The van der Waals surface area contributed by atoms with Crippen LogP contribution in [0.4, 0.5) is 4.79 Å². The summed E-state index contributed by atoms with van der Waals surface area (Å²) in [5.41, 5.74) is 5.62. The average Bonchev–Trinajstić information content (AvgIpc) is 3.11. The van der Waals surface area contributed by atoms with Gasteiger partial charge in [0.2, 0.25) is 0 Å². The van der Waals surface area contributed by atoms with Crippen LogP contribution in [-0.4, -0.2) is 30.0 Å². The Morgan fingerprint density at radius 1 is 1.10 bits per heavy atom. The second-order valence-corrected chi connectivity index (χ2v) is 4.54. The molecular formula is C13H20N6O. The van der Waals surface area contributed by atoms with Gasteiger partial charge in [-0.25, -0.2) is 14.8 Å². The fraction of sp³-hybridized carbons (Fsp3) is 0.462. The molecule has 2 unspecified atom stereocenters. The lowest BCUT2D eigenvalue weighted by atomic mass is 10.2. The number of carbonyl (C=O) groups is 1. The van der Waals surface area contributed by atoms with Crippen molar-refractivity contribution in [2.45, 2.75) is 39.0 Å². The van der Waals surface area contributed by atoms with Crippen LogP contribution in [0.15, 0.2) is 37.4 Å². The summed E-state index contributed by atoms with van der Waals surface area (Å²) in [4.78, 5) is 21.7. The molecule has 0 aliphatic heterocycles. The van der Waals surface area contributed by atoms with Crippen LogP contribution in [0, 0.1) is 0 Å². The van der Waals surface area contributed by atoms with Crippen molar-refractivity contribution in [3.05, 3.63) is 37.4 Å². The lowest BCUT2D eigenvalue weighted by Crippen LogP contribution is -2.45. The van der Waals surface area contributed by atoms with Gasteiger partial charge in [0.25, 0.3) is 0 Å². The van der Waals surface area contributed by atoms with Crippen molar-refractivity contribution in [1.82, 2.24) is 24.0 Å². The molecule has 2 N–H and O–H groups in total. The first-order valence-corrected chi connectivity index (χ1v) is 6.71. The van der Waals surface area contributed by atoms with E-state index in [0.29, 0.717) is 0 Å². The molecule has 2 heterocycles. The number of rotatable bonds is 6. The second-order valence-electron chi connectivity index (χ2n) is 4.54. The van der Waals surface area contributed by atoms with E-state index in [4.69, 9.17) is 5.73 Å². The molecule has 20 heavy (non-hydrogen) atoms. The summed E-state index contributed by atoms with van der Waals surface area (Å²) in [6.07, 6.45) is 11.6. The number of primary amides is 1. The minimum Gasteiger partial charge on any atom is -0.351 e. The quantitative estimate of drug-likeness (QED) is 0.875. The van der Waals surface area contributed by atoms with Crippen LogP contribution >= 0.6 is 0 Å². The fourth-order valence-electron chi connectivity index (χ4n) is 2.49. The molecule has 2 amide bonds. The van der Waals surface area contributed by atoms with Crippen molar-refractivity contribution in [3.8, 4) is 0 Å². The number of amides is 2. The third-order valence-electron chi connectivity index (χ3n) is 3.37. The van der Waals surface area contributed by atoms with E-state index in [-0.39, 0.29) is 12.3 Å². The van der Waals surface area contributed by atoms with E-state index in [0.717, 1.165) is 12.8 Å². The Bertz CT molecular complexity index is 479. The zero-order valence-corrected chi connectivity index (χ0v) is 11.8. The molecule has 7 heteroatoms. The third-order valence-corrected chi connectivity index (χ3v) is 3.37. The highest BCUT2D eigenvalue weighted by molar-refractivity contribution is 5.72. The normalized spacial score (nSPS) is 13.9. The predicted molar refractivity (Wildman–Crippen MR) is 74.5 cm³/mol. The molecule has 0 saturated heterocycles. The van der Waals surface area contributed by atoms with E-state index in [1.54, 1.807) is 29.9 Å². The first-order chi connectivity index (χ1) is 9.69. The van der Waals surface area contributed by atoms with Crippen molar-refractivity contribution in [2.75, 3.05) is 0 Å². The smallest absolute Gasteiger partial charge is 0.318 e. The zero-order valence-electron chi connectivity index (χ0n) is 11.8. The lowest BCUT2D eigenvalue weighted by Gasteiger charge is -2.37. The van der Waals surface area contributed by atoms with Gasteiger partial charge < -0.3 is 14.9 Å². The van der Waals surface area contributed by atoms with Crippen molar-refractivity contribution >= 4 is 6.03 Å². The minimum atomic E-state index is -0.453. The Hall–Kier alpha value is -2.31. The molecule has 2 rings (SSSR count). The predicted octanol–water partition coefficient (Wildman–Crippen LogP) is 1.98. The van der Waals surface area contributed by atoms with Crippen molar-refractivity contribution < 1.29 is 4.79 Å². The summed E-state index contributed by atoms with van der Waals surface area (Å²) in [6, 6.07) is -0.453. The molecule has 108 valence electrons. The molecule has 2 aromatic rings. The molecule has 0 aromatic carbocycles. The van der Waals surface area contributed by atoms with Gasteiger partial charge in [-0.15, -0.1) is 0 Å². The monoisotopic (exact) mass is 276 g/mol. The molecule has 0 radical (unpaired) electrons. The molecular weight excluding hydrogens is 256 g/mol. The van der Waals surface area contributed by atoms with Crippen LogP contribution in [0.2, 0.25) is 0 Å². The summed E-state index contributed by atoms with van der Waals surface area (Å²) in [5, 5.41) is 0. The van der Waals surface area contributed by atoms with Crippen LogP contribution in [-0.2, 0) is 0 Å². The summed E-state index contributed by atoms with van der Waals surface area (Å²) >= 11 is 0. The maximum absolute atomic E-state index is 12.0. The Balaban J connectivity index is 2.36. The highest BCUT2D eigenvalue weighted by atomic mass is 16.2. The van der Waals surface area contributed by atoms with Crippen molar-refractivity contribution in [3.63, 3.8) is 0 Å². The van der Waals surface area contributed by atoms with Crippen molar-refractivity contribution in [2.24, 2.45) is 5.73 Å². The number of nitrogens with two attached hydrogens (primary N) is 1. The molecule has 0 spiro atoms. The van der Waals surface area contributed by atoms with Gasteiger partial charge in [-0.05, 0) is 12.8 Å². The van der Waals surface area contributed by atoms with Gasteiger partial charge in [-0.3, -0.25) is 4.90 Å². The van der Waals surface area contributed by atoms with Crippen LogP contribution in [0.5, 0.6) is 0 Å². The highest BCUT2D eigenvalue weighted by Crippen LogP contribution is 2.27. The maximum atomic E-state index is 12.0. The van der Waals surface area contributed by atoms with Gasteiger partial charge >= 0.3 is 6.03 Å².